The Morgan fingerprint density at radius 2 is 1.77 bits per heavy atom. The van der Waals surface area contributed by atoms with E-state index in [1.165, 1.54) is 5.56 Å². The molecule has 0 radical (unpaired) electrons. The first-order valence-corrected chi connectivity index (χ1v) is 10.8. The summed E-state index contributed by atoms with van der Waals surface area (Å²) in [5.41, 5.74) is 1.89. The molecule has 164 valence electrons. The van der Waals surface area contributed by atoms with Crippen molar-refractivity contribution >= 4 is 17.5 Å². The number of piperazine rings is 1. The van der Waals surface area contributed by atoms with Crippen molar-refractivity contribution in [3.8, 4) is 11.5 Å². The van der Waals surface area contributed by atoms with E-state index in [0.29, 0.717) is 31.1 Å². The number of para-hydroxylation sites is 2. The molecule has 2 aromatic rings. The summed E-state index contributed by atoms with van der Waals surface area (Å²) in [5, 5.41) is 0. The summed E-state index contributed by atoms with van der Waals surface area (Å²) < 4.78 is 11.2. The van der Waals surface area contributed by atoms with Gasteiger partial charge >= 0.3 is 0 Å². The van der Waals surface area contributed by atoms with E-state index in [2.05, 4.69) is 17.0 Å². The Labute approximate surface area is 183 Å². The largest absolute Gasteiger partial charge is 0.494 e. The van der Waals surface area contributed by atoms with E-state index in [9.17, 15) is 9.59 Å². The molecule has 0 aromatic heterocycles. The molecule has 2 aliphatic heterocycles. The van der Waals surface area contributed by atoms with Crippen LogP contribution in [0.3, 0.4) is 0 Å². The fourth-order valence-electron chi connectivity index (χ4n) is 4.03. The highest BCUT2D eigenvalue weighted by molar-refractivity contribution is 6.03. The molecule has 4 rings (SSSR count). The minimum absolute atomic E-state index is 0.0297. The van der Waals surface area contributed by atoms with Crippen molar-refractivity contribution in [2.45, 2.75) is 26.5 Å². The van der Waals surface area contributed by atoms with Crippen LogP contribution in [0.15, 0.2) is 48.5 Å². The lowest BCUT2D eigenvalue weighted by Crippen LogP contribution is -2.53. The number of carbonyl (C=O) groups excluding carboxylic acids is 2. The third-order valence-corrected chi connectivity index (χ3v) is 5.73. The van der Waals surface area contributed by atoms with Crippen molar-refractivity contribution in [2.75, 3.05) is 44.2 Å². The SMILES string of the molecule is CCOc1ccc(CN2CCN(C(=O)CN3C(=O)C(C)Oc4ccccc43)CC2)cc1. The molecule has 2 amide bonds. The molecule has 1 atom stereocenters. The standard InChI is InChI=1S/C24H29N3O4/c1-3-30-20-10-8-19(9-11-20)16-25-12-14-26(15-13-25)23(28)17-27-21-6-4-5-7-22(21)31-18(2)24(27)29/h4-11,18H,3,12-17H2,1-2H3. The molecule has 0 N–H and O–H groups in total. The van der Waals surface area contributed by atoms with Gasteiger partial charge in [-0.1, -0.05) is 24.3 Å². The second-order valence-electron chi connectivity index (χ2n) is 7.89. The molecule has 1 saturated heterocycles. The van der Waals surface area contributed by atoms with Gasteiger partial charge < -0.3 is 14.4 Å². The number of hydrogen-bond acceptors (Lipinski definition) is 5. The predicted octanol–water partition coefficient (Wildman–Crippen LogP) is 2.54. The average molecular weight is 424 g/mol. The molecular formula is C24H29N3O4. The van der Waals surface area contributed by atoms with Crippen LogP contribution in [0, 0.1) is 0 Å². The predicted molar refractivity (Wildman–Crippen MR) is 118 cm³/mol. The van der Waals surface area contributed by atoms with Crippen LogP contribution in [0.2, 0.25) is 0 Å². The van der Waals surface area contributed by atoms with E-state index in [0.717, 1.165) is 25.4 Å². The summed E-state index contributed by atoms with van der Waals surface area (Å²) in [6.07, 6.45) is -0.589. The van der Waals surface area contributed by atoms with Crippen molar-refractivity contribution < 1.29 is 19.1 Å². The molecule has 2 heterocycles. The number of nitrogens with zero attached hydrogens (tertiary/aromatic N) is 3. The summed E-state index contributed by atoms with van der Waals surface area (Å²) in [4.78, 5) is 31.3. The van der Waals surface area contributed by atoms with Gasteiger partial charge in [0.2, 0.25) is 5.91 Å². The molecule has 0 aliphatic carbocycles. The van der Waals surface area contributed by atoms with Gasteiger partial charge in [0.25, 0.3) is 5.91 Å². The molecular weight excluding hydrogens is 394 g/mol. The van der Waals surface area contributed by atoms with Crippen LogP contribution in [0.5, 0.6) is 11.5 Å². The summed E-state index contributed by atoms with van der Waals surface area (Å²) in [7, 11) is 0. The lowest BCUT2D eigenvalue weighted by Gasteiger charge is -2.37. The lowest BCUT2D eigenvalue weighted by atomic mass is 10.1. The van der Waals surface area contributed by atoms with Crippen molar-refractivity contribution in [1.29, 1.82) is 0 Å². The van der Waals surface area contributed by atoms with Crippen molar-refractivity contribution in [1.82, 2.24) is 9.80 Å². The Bertz CT molecular complexity index is 923. The van der Waals surface area contributed by atoms with Crippen LogP contribution in [0.25, 0.3) is 0 Å². The Hall–Kier alpha value is -3.06. The molecule has 7 heteroatoms. The maximum absolute atomic E-state index is 13.0. The number of benzene rings is 2. The number of hydrogen-bond donors (Lipinski definition) is 0. The van der Waals surface area contributed by atoms with E-state index in [1.54, 1.807) is 11.8 Å². The molecule has 1 unspecified atom stereocenters. The minimum atomic E-state index is -0.589. The second-order valence-corrected chi connectivity index (χ2v) is 7.89. The van der Waals surface area contributed by atoms with Crippen LogP contribution < -0.4 is 14.4 Å². The van der Waals surface area contributed by atoms with Crippen LogP contribution >= 0.6 is 0 Å². The van der Waals surface area contributed by atoms with Gasteiger partial charge in [-0.25, -0.2) is 0 Å². The van der Waals surface area contributed by atoms with E-state index in [1.807, 2.05) is 48.2 Å². The van der Waals surface area contributed by atoms with E-state index >= 15 is 0 Å². The first-order chi connectivity index (χ1) is 15.0. The highest BCUT2D eigenvalue weighted by atomic mass is 16.5. The van der Waals surface area contributed by atoms with Gasteiger partial charge in [-0.3, -0.25) is 19.4 Å². The monoisotopic (exact) mass is 423 g/mol. The summed E-state index contributed by atoms with van der Waals surface area (Å²) in [6, 6.07) is 15.5. The third kappa shape index (κ3) is 4.82. The Morgan fingerprint density at radius 1 is 1.06 bits per heavy atom. The first-order valence-electron chi connectivity index (χ1n) is 10.8. The number of fused-ring (bicyclic) bond motifs is 1. The molecule has 2 aromatic carbocycles. The molecule has 31 heavy (non-hydrogen) atoms. The number of ether oxygens (including phenoxy) is 2. The van der Waals surface area contributed by atoms with Gasteiger partial charge in [0.1, 0.15) is 18.0 Å². The van der Waals surface area contributed by atoms with Crippen molar-refractivity contribution in [3.63, 3.8) is 0 Å². The zero-order valence-corrected chi connectivity index (χ0v) is 18.1. The van der Waals surface area contributed by atoms with E-state index in [-0.39, 0.29) is 18.4 Å². The zero-order chi connectivity index (χ0) is 21.8. The fourth-order valence-corrected chi connectivity index (χ4v) is 4.03. The third-order valence-electron chi connectivity index (χ3n) is 5.73. The first kappa shape index (κ1) is 21.2. The summed E-state index contributed by atoms with van der Waals surface area (Å²) in [5.74, 6) is 1.32. The van der Waals surface area contributed by atoms with E-state index in [4.69, 9.17) is 9.47 Å². The van der Waals surface area contributed by atoms with Crippen LogP contribution in [0.1, 0.15) is 19.4 Å². The number of anilines is 1. The highest BCUT2D eigenvalue weighted by Gasteiger charge is 2.34. The number of amides is 2. The van der Waals surface area contributed by atoms with Crippen molar-refractivity contribution in [2.24, 2.45) is 0 Å². The number of carbonyl (C=O) groups is 2. The molecule has 0 bridgehead atoms. The van der Waals surface area contributed by atoms with Gasteiger partial charge in [0.05, 0.1) is 12.3 Å². The number of rotatable bonds is 6. The van der Waals surface area contributed by atoms with Crippen LogP contribution in [-0.4, -0.2) is 67.0 Å². The quantitative estimate of drug-likeness (QED) is 0.715. The van der Waals surface area contributed by atoms with Gasteiger partial charge in [-0.05, 0) is 43.7 Å². The van der Waals surface area contributed by atoms with Gasteiger partial charge in [0, 0.05) is 32.7 Å². The Balaban J connectivity index is 1.32. The minimum Gasteiger partial charge on any atom is -0.494 e. The van der Waals surface area contributed by atoms with Crippen molar-refractivity contribution in [3.05, 3.63) is 54.1 Å². The molecule has 2 aliphatic rings. The van der Waals surface area contributed by atoms with Gasteiger partial charge in [0.15, 0.2) is 6.10 Å². The smallest absolute Gasteiger partial charge is 0.268 e. The summed E-state index contributed by atoms with van der Waals surface area (Å²) >= 11 is 0. The Morgan fingerprint density at radius 3 is 2.48 bits per heavy atom. The zero-order valence-electron chi connectivity index (χ0n) is 18.1. The normalized spacial score (nSPS) is 19.0. The molecule has 0 spiro atoms. The topological polar surface area (TPSA) is 62.3 Å². The molecule has 0 saturated carbocycles. The van der Waals surface area contributed by atoms with Gasteiger partial charge in [-0.15, -0.1) is 0 Å². The second kappa shape index (κ2) is 9.39. The molecule has 1 fully saturated rings. The highest BCUT2D eigenvalue weighted by Crippen LogP contribution is 2.33. The fraction of sp³-hybridized carbons (Fsp3) is 0.417. The van der Waals surface area contributed by atoms with Gasteiger partial charge in [-0.2, -0.15) is 0 Å². The van der Waals surface area contributed by atoms with Crippen LogP contribution in [-0.2, 0) is 16.1 Å². The maximum Gasteiger partial charge on any atom is 0.268 e. The van der Waals surface area contributed by atoms with Crippen LogP contribution in [0.4, 0.5) is 5.69 Å². The molecule has 7 nitrogen and oxygen atoms in total. The van der Waals surface area contributed by atoms with E-state index < -0.39 is 6.10 Å². The average Bonchev–Trinajstić information content (AvgIpc) is 2.79. The summed E-state index contributed by atoms with van der Waals surface area (Å²) in [6.45, 7) is 8.18. The Kier molecular flexibility index (Phi) is 6.42. The lowest BCUT2D eigenvalue weighted by molar-refractivity contribution is -0.134. The maximum atomic E-state index is 13.0.